The number of anilines is 1. The predicted molar refractivity (Wildman–Crippen MR) is 78.5 cm³/mol. The summed E-state index contributed by atoms with van der Waals surface area (Å²) in [5, 5.41) is 0.471. The first-order chi connectivity index (χ1) is 10.2. The Bertz CT molecular complexity index is 897. The molecule has 1 aromatic heterocycles. The number of nitrogens with two attached hydrogens (primary N) is 1. The van der Waals surface area contributed by atoms with Crippen LogP contribution in [0.2, 0.25) is 0 Å². The highest BCUT2D eigenvalue weighted by atomic mass is 16.7. The molecule has 5 nitrogen and oxygen atoms in total. The lowest BCUT2D eigenvalue weighted by atomic mass is 10.1. The van der Waals surface area contributed by atoms with Crippen LogP contribution < -0.4 is 20.6 Å². The summed E-state index contributed by atoms with van der Waals surface area (Å²) < 4.78 is 16.4. The minimum Gasteiger partial charge on any atom is -0.456 e. The first-order valence-corrected chi connectivity index (χ1v) is 6.44. The Morgan fingerprint density at radius 1 is 0.952 bits per heavy atom. The summed E-state index contributed by atoms with van der Waals surface area (Å²) in [6, 6.07) is 11.9. The Balaban J connectivity index is 1.94. The Kier molecular flexibility index (Phi) is 2.41. The van der Waals surface area contributed by atoms with Crippen LogP contribution in [0.15, 0.2) is 51.7 Å². The molecule has 0 saturated carbocycles. The number of ether oxygens (including phenoxy) is 2. The van der Waals surface area contributed by atoms with Gasteiger partial charge < -0.3 is 19.6 Å². The number of hydrogen-bond donors (Lipinski definition) is 1. The highest BCUT2D eigenvalue weighted by Gasteiger charge is 2.17. The van der Waals surface area contributed by atoms with E-state index >= 15 is 0 Å². The highest BCUT2D eigenvalue weighted by Crippen LogP contribution is 2.36. The molecule has 0 bridgehead atoms. The Morgan fingerprint density at radius 2 is 1.67 bits per heavy atom. The molecule has 0 atom stereocenters. The van der Waals surface area contributed by atoms with Crippen LogP contribution in [0.25, 0.3) is 22.3 Å². The van der Waals surface area contributed by atoms with Crippen LogP contribution in [-0.4, -0.2) is 6.79 Å². The molecule has 0 amide bonds. The first-order valence-electron chi connectivity index (χ1n) is 6.44. The van der Waals surface area contributed by atoms with Crippen LogP contribution in [0, 0.1) is 0 Å². The normalized spacial score (nSPS) is 12.8. The molecule has 0 aliphatic carbocycles. The maximum Gasteiger partial charge on any atom is 0.231 e. The summed E-state index contributed by atoms with van der Waals surface area (Å²) in [7, 11) is 0. The van der Waals surface area contributed by atoms with Crippen molar-refractivity contribution in [3.63, 3.8) is 0 Å². The molecule has 0 unspecified atom stereocenters. The lowest BCUT2D eigenvalue weighted by Crippen LogP contribution is -2.00. The molecule has 2 aromatic carbocycles. The first kappa shape index (κ1) is 11.8. The largest absolute Gasteiger partial charge is 0.456 e. The Labute approximate surface area is 119 Å². The van der Waals surface area contributed by atoms with Gasteiger partial charge in [0.05, 0.1) is 5.39 Å². The van der Waals surface area contributed by atoms with E-state index in [1.807, 2.05) is 12.1 Å². The highest BCUT2D eigenvalue weighted by molar-refractivity contribution is 5.82. The van der Waals surface area contributed by atoms with Gasteiger partial charge in [-0.05, 0) is 30.3 Å². The van der Waals surface area contributed by atoms with E-state index in [-0.39, 0.29) is 12.2 Å². The maximum atomic E-state index is 12.3. The van der Waals surface area contributed by atoms with Crippen molar-refractivity contribution in [3.8, 4) is 22.8 Å². The maximum absolute atomic E-state index is 12.3. The van der Waals surface area contributed by atoms with Crippen molar-refractivity contribution < 1.29 is 13.9 Å². The number of nitrogen functional groups attached to an aromatic ring is 1. The summed E-state index contributed by atoms with van der Waals surface area (Å²) in [4.78, 5) is 12.3. The Morgan fingerprint density at radius 3 is 2.43 bits per heavy atom. The molecular formula is C16H11NO4. The molecule has 21 heavy (non-hydrogen) atoms. The monoisotopic (exact) mass is 281 g/mol. The van der Waals surface area contributed by atoms with Crippen molar-refractivity contribution in [3.05, 3.63) is 52.7 Å². The van der Waals surface area contributed by atoms with Gasteiger partial charge in [0, 0.05) is 23.4 Å². The van der Waals surface area contributed by atoms with E-state index in [0.717, 1.165) is 5.56 Å². The van der Waals surface area contributed by atoms with Gasteiger partial charge in [-0.15, -0.1) is 0 Å². The number of benzene rings is 2. The topological polar surface area (TPSA) is 74.7 Å². The quantitative estimate of drug-likeness (QED) is 0.694. The molecule has 1 aliphatic heterocycles. The molecule has 1 aliphatic rings. The van der Waals surface area contributed by atoms with E-state index in [9.17, 15) is 4.79 Å². The van der Waals surface area contributed by atoms with Gasteiger partial charge >= 0.3 is 0 Å². The standard InChI is InChI=1S/C16H11NO4/c17-10-3-1-9(2-4-10)13-6-12(18)11-5-15-16(20-8-19-15)7-14(11)21-13/h1-7H,8,17H2. The van der Waals surface area contributed by atoms with Gasteiger partial charge in [-0.25, -0.2) is 0 Å². The molecule has 2 N–H and O–H groups in total. The fourth-order valence-corrected chi connectivity index (χ4v) is 2.33. The van der Waals surface area contributed by atoms with Crippen molar-refractivity contribution in [2.45, 2.75) is 0 Å². The molecule has 0 radical (unpaired) electrons. The molecular weight excluding hydrogens is 270 g/mol. The van der Waals surface area contributed by atoms with Crippen LogP contribution in [0.4, 0.5) is 5.69 Å². The Hall–Kier alpha value is -2.95. The lowest BCUT2D eigenvalue weighted by molar-refractivity contribution is 0.174. The van der Waals surface area contributed by atoms with Crippen LogP contribution in [0.3, 0.4) is 0 Å². The third-order valence-electron chi connectivity index (χ3n) is 3.42. The van der Waals surface area contributed by atoms with Crippen molar-refractivity contribution in [2.75, 3.05) is 12.5 Å². The zero-order chi connectivity index (χ0) is 14.4. The van der Waals surface area contributed by atoms with Gasteiger partial charge in [-0.1, -0.05) is 0 Å². The van der Waals surface area contributed by atoms with Gasteiger partial charge in [0.15, 0.2) is 16.9 Å². The van der Waals surface area contributed by atoms with Crippen molar-refractivity contribution in [1.29, 1.82) is 0 Å². The number of hydrogen-bond acceptors (Lipinski definition) is 5. The van der Waals surface area contributed by atoms with Gasteiger partial charge in [-0.2, -0.15) is 0 Å². The second kappa shape index (κ2) is 4.28. The van der Waals surface area contributed by atoms with Gasteiger partial charge in [0.25, 0.3) is 0 Å². The van der Waals surface area contributed by atoms with Crippen molar-refractivity contribution >= 4 is 16.7 Å². The zero-order valence-corrected chi connectivity index (χ0v) is 11.0. The average Bonchev–Trinajstić information content (AvgIpc) is 2.93. The molecule has 3 aromatic rings. The van der Waals surface area contributed by atoms with E-state index in [1.165, 1.54) is 6.07 Å². The number of rotatable bonds is 1. The second-order valence-corrected chi connectivity index (χ2v) is 4.80. The van der Waals surface area contributed by atoms with Gasteiger partial charge in [0.2, 0.25) is 6.79 Å². The van der Waals surface area contributed by atoms with Crippen LogP contribution in [0.1, 0.15) is 0 Å². The SMILES string of the molecule is Nc1ccc(-c2cc(=O)c3cc4c(cc3o2)OCO4)cc1. The minimum absolute atomic E-state index is 0.124. The van der Waals surface area contributed by atoms with Crippen LogP contribution in [-0.2, 0) is 0 Å². The fourth-order valence-electron chi connectivity index (χ4n) is 2.33. The van der Waals surface area contributed by atoms with E-state index in [1.54, 1.807) is 24.3 Å². The summed E-state index contributed by atoms with van der Waals surface area (Å²) >= 11 is 0. The van der Waals surface area contributed by atoms with Crippen LogP contribution in [0.5, 0.6) is 11.5 Å². The van der Waals surface area contributed by atoms with E-state index in [4.69, 9.17) is 19.6 Å². The van der Waals surface area contributed by atoms with Crippen molar-refractivity contribution in [2.24, 2.45) is 0 Å². The molecule has 5 heteroatoms. The fraction of sp³-hybridized carbons (Fsp3) is 0.0625. The summed E-state index contributed by atoms with van der Waals surface area (Å²) in [6.07, 6.45) is 0. The summed E-state index contributed by atoms with van der Waals surface area (Å²) in [6.45, 7) is 0.157. The molecule has 0 saturated heterocycles. The summed E-state index contributed by atoms with van der Waals surface area (Å²) in [5.74, 6) is 1.64. The van der Waals surface area contributed by atoms with E-state index < -0.39 is 0 Å². The molecule has 4 rings (SSSR count). The minimum atomic E-state index is -0.124. The molecule has 0 fully saturated rings. The lowest BCUT2D eigenvalue weighted by Gasteiger charge is -2.04. The molecule has 0 spiro atoms. The van der Waals surface area contributed by atoms with E-state index in [0.29, 0.717) is 33.9 Å². The second-order valence-electron chi connectivity index (χ2n) is 4.80. The third-order valence-corrected chi connectivity index (χ3v) is 3.42. The average molecular weight is 281 g/mol. The predicted octanol–water partition coefficient (Wildman–Crippen LogP) is 2.77. The number of fused-ring (bicyclic) bond motifs is 2. The molecule has 104 valence electrons. The third kappa shape index (κ3) is 1.90. The van der Waals surface area contributed by atoms with Gasteiger partial charge in [-0.3, -0.25) is 4.79 Å². The van der Waals surface area contributed by atoms with Crippen molar-refractivity contribution in [1.82, 2.24) is 0 Å². The van der Waals surface area contributed by atoms with Crippen LogP contribution >= 0.6 is 0 Å². The molecule has 2 heterocycles. The van der Waals surface area contributed by atoms with Gasteiger partial charge in [0.1, 0.15) is 11.3 Å². The smallest absolute Gasteiger partial charge is 0.231 e. The summed E-state index contributed by atoms with van der Waals surface area (Å²) in [5.41, 5.74) is 7.46. The zero-order valence-electron chi connectivity index (χ0n) is 11.0. The van der Waals surface area contributed by atoms with E-state index in [2.05, 4.69) is 0 Å².